The topological polar surface area (TPSA) is 62.4 Å². The van der Waals surface area contributed by atoms with Gasteiger partial charge in [0.1, 0.15) is 11.6 Å². The van der Waals surface area contributed by atoms with Crippen LogP contribution in [0.2, 0.25) is 0 Å². The summed E-state index contributed by atoms with van der Waals surface area (Å²) >= 11 is 0. The molecule has 0 spiro atoms. The monoisotopic (exact) mass is 309 g/mol. The minimum absolute atomic E-state index is 0.246. The molecule has 2 heterocycles. The van der Waals surface area contributed by atoms with Crippen LogP contribution in [0.15, 0.2) is 22.7 Å². The molecule has 1 saturated heterocycles. The standard InChI is InChI=1S/C15H17F2N3O2/c1-2-15-18-14(19-22-15)8-20-7-10(21)6-13(20)11-5-9(16)3-4-12(11)17/h3-5,10,13,21H,2,6-8H2,1H3/t10-,13-/m1/s1. The van der Waals surface area contributed by atoms with Crippen LogP contribution in [0.5, 0.6) is 0 Å². The predicted octanol–water partition coefficient (Wildman–Crippen LogP) is 2.22. The first-order chi connectivity index (χ1) is 10.6. The summed E-state index contributed by atoms with van der Waals surface area (Å²) in [6.07, 6.45) is 0.390. The molecule has 5 nitrogen and oxygen atoms in total. The lowest BCUT2D eigenvalue weighted by atomic mass is 10.0. The van der Waals surface area contributed by atoms with Crippen molar-refractivity contribution in [2.24, 2.45) is 0 Å². The minimum Gasteiger partial charge on any atom is -0.392 e. The molecule has 118 valence electrons. The number of rotatable bonds is 4. The van der Waals surface area contributed by atoms with Gasteiger partial charge in [-0.05, 0) is 24.6 Å². The number of β-amino-alcohol motifs (C(OH)–C–C–N with tert-alkyl or cyclic N) is 1. The van der Waals surface area contributed by atoms with Crippen molar-refractivity contribution in [3.63, 3.8) is 0 Å². The van der Waals surface area contributed by atoms with Gasteiger partial charge in [0.05, 0.1) is 12.6 Å². The highest BCUT2D eigenvalue weighted by Gasteiger charge is 2.34. The first kappa shape index (κ1) is 15.1. The summed E-state index contributed by atoms with van der Waals surface area (Å²) in [7, 11) is 0. The second-order valence-corrected chi connectivity index (χ2v) is 5.46. The van der Waals surface area contributed by atoms with Crippen LogP contribution < -0.4 is 0 Å². The van der Waals surface area contributed by atoms with Crippen molar-refractivity contribution in [3.05, 3.63) is 47.1 Å². The first-order valence-electron chi connectivity index (χ1n) is 7.25. The van der Waals surface area contributed by atoms with Crippen LogP contribution in [0.1, 0.15) is 36.7 Å². The molecule has 22 heavy (non-hydrogen) atoms. The first-order valence-corrected chi connectivity index (χ1v) is 7.25. The number of halogens is 2. The van der Waals surface area contributed by atoms with Crippen LogP contribution >= 0.6 is 0 Å². The van der Waals surface area contributed by atoms with E-state index in [4.69, 9.17) is 4.52 Å². The molecule has 0 radical (unpaired) electrons. The fraction of sp³-hybridized carbons (Fsp3) is 0.467. The van der Waals surface area contributed by atoms with Gasteiger partial charge in [0.2, 0.25) is 5.89 Å². The van der Waals surface area contributed by atoms with E-state index in [9.17, 15) is 13.9 Å². The van der Waals surface area contributed by atoms with Gasteiger partial charge in [-0.15, -0.1) is 0 Å². The number of aromatic nitrogens is 2. The Morgan fingerprint density at radius 1 is 1.41 bits per heavy atom. The van der Waals surface area contributed by atoms with E-state index in [2.05, 4.69) is 10.1 Å². The molecule has 0 aliphatic carbocycles. The fourth-order valence-corrected chi connectivity index (χ4v) is 2.83. The molecule has 0 bridgehead atoms. The van der Waals surface area contributed by atoms with Crippen LogP contribution in [0.3, 0.4) is 0 Å². The maximum atomic E-state index is 14.0. The zero-order valence-corrected chi connectivity index (χ0v) is 12.2. The van der Waals surface area contributed by atoms with Crippen molar-refractivity contribution in [2.45, 2.75) is 38.5 Å². The zero-order chi connectivity index (χ0) is 15.7. The Labute approximate surface area is 126 Å². The molecule has 1 aliphatic heterocycles. The normalized spacial score (nSPS) is 22.4. The number of aliphatic hydroxyl groups excluding tert-OH is 1. The molecule has 0 unspecified atom stereocenters. The van der Waals surface area contributed by atoms with Gasteiger partial charge in [-0.2, -0.15) is 4.98 Å². The van der Waals surface area contributed by atoms with Gasteiger partial charge in [-0.3, -0.25) is 4.90 Å². The van der Waals surface area contributed by atoms with Crippen molar-refractivity contribution < 1.29 is 18.4 Å². The molecule has 7 heteroatoms. The van der Waals surface area contributed by atoms with E-state index in [1.807, 2.05) is 11.8 Å². The van der Waals surface area contributed by atoms with E-state index in [0.717, 1.165) is 12.1 Å². The maximum absolute atomic E-state index is 14.0. The Balaban J connectivity index is 1.84. The summed E-state index contributed by atoms with van der Waals surface area (Å²) in [5, 5.41) is 13.8. The largest absolute Gasteiger partial charge is 0.392 e. The van der Waals surface area contributed by atoms with Gasteiger partial charge in [-0.1, -0.05) is 12.1 Å². The summed E-state index contributed by atoms with van der Waals surface area (Å²) in [5.41, 5.74) is 0.246. The average Bonchev–Trinajstić information content (AvgIpc) is 3.08. The van der Waals surface area contributed by atoms with Crippen LogP contribution in [-0.2, 0) is 13.0 Å². The number of nitrogens with zero attached hydrogens (tertiary/aromatic N) is 3. The zero-order valence-electron chi connectivity index (χ0n) is 12.2. The van der Waals surface area contributed by atoms with Crippen LogP contribution in [0.4, 0.5) is 8.78 Å². The van der Waals surface area contributed by atoms with Gasteiger partial charge in [0, 0.05) is 24.6 Å². The number of hydrogen-bond donors (Lipinski definition) is 1. The van der Waals surface area contributed by atoms with Crippen LogP contribution in [0.25, 0.3) is 0 Å². The van der Waals surface area contributed by atoms with E-state index >= 15 is 0 Å². The summed E-state index contributed by atoms with van der Waals surface area (Å²) in [4.78, 5) is 6.06. The third kappa shape index (κ3) is 3.00. The number of likely N-dealkylation sites (tertiary alicyclic amines) is 1. The molecule has 1 fully saturated rings. The van der Waals surface area contributed by atoms with E-state index < -0.39 is 23.8 Å². The quantitative estimate of drug-likeness (QED) is 0.938. The third-order valence-electron chi connectivity index (χ3n) is 3.86. The molecule has 1 N–H and O–H groups in total. The second-order valence-electron chi connectivity index (χ2n) is 5.46. The summed E-state index contributed by atoms with van der Waals surface area (Å²) in [6.45, 7) is 2.58. The molecule has 3 rings (SSSR count). The second kappa shape index (κ2) is 6.10. The van der Waals surface area contributed by atoms with Gasteiger partial charge in [0.15, 0.2) is 5.82 Å². The Morgan fingerprint density at radius 2 is 2.23 bits per heavy atom. The smallest absolute Gasteiger partial charge is 0.226 e. The van der Waals surface area contributed by atoms with E-state index in [-0.39, 0.29) is 5.56 Å². The van der Waals surface area contributed by atoms with Gasteiger partial charge < -0.3 is 9.63 Å². The summed E-state index contributed by atoms with van der Waals surface area (Å²) in [5.74, 6) is 0.0365. The van der Waals surface area contributed by atoms with Crippen molar-refractivity contribution in [2.75, 3.05) is 6.54 Å². The number of aryl methyl sites for hydroxylation is 1. The van der Waals surface area contributed by atoms with Crippen molar-refractivity contribution >= 4 is 0 Å². The summed E-state index contributed by atoms with van der Waals surface area (Å²) in [6, 6.07) is 2.96. The lowest BCUT2D eigenvalue weighted by Crippen LogP contribution is -2.25. The average molecular weight is 309 g/mol. The van der Waals surface area contributed by atoms with Gasteiger partial charge in [0.25, 0.3) is 0 Å². The molecular formula is C15H17F2N3O2. The molecule has 1 aliphatic rings. The Hall–Kier alpha value is -1.86. The molecule has 0 amide bonds. The van der Waals surface area contributed by atoms with Crippen LogP contribution in [-0.4, -0.2) is 32.8 Å². The van der Waals surface area contributed by atoms with E-state index in [1.54, 1.807) is 0 Å². The number of aliphatic hydroxyl groups is 1. The van der Waals surface area contributed by atoms with Crippen molar-refractivity contribution in [1.82, 2.24) is 15.0 Å². The highest BCUT2D eigenvalue weighted by Crippen LogP contribution is 2.34. The Morgan fingerprint density at radius 3 is 2.95 bits per heavy atom. The number of hydrogen-bond acceptors (Lipinski definition) is 5. The van der Waals surface area contributed by atoms with Crippen LogP contribution in [0, 0.1) is 11.6 Å². The maximum Gasteiger partial charge on any atom is 0.226 e. The molecular weight excluding hydrogens is 292 g/mol. The molecule has 1 aromatic carbocycles. The van der Waals surface area contributed by atoms with Gasteiger partial charge in [-0.25, -0.2) is 8.78 Å². The molecule has 1 aromatic heterocycles. The fourth-order valence-electron chi connectivity index (χ4n) is 2.83. The van der Waals surface area contributed by atoms with Crippen molar-refractivity contribution in [1.29, 1.82) is 0 Å². The Kier molecular flexibility index (Phi) is 4.17. The SMILES string of the molecule is CCc1nc(CN2C[C@H](O)C[C@@H]2c2cc(F)ccc2F)no1. The van der Waals surface area contributed by atoms with E-state index in [1.165, 1.54) is 6.07 Å². The van der Waals surface area contributed by atoms with Gasteiger partial charge >= 0.3 is 0 Å². The third-order valence-corrected chi connectivity index (χ3v) is 3.86. The minimum atomic E-state index is -0.592. The summed E-state index contributed by atoms with van der Waals surface area (Å²) < 4.78 is 32.5. The highest BCUT2D eigenvalue weighted by molar-refractivity contribution is 5.24. The molecule has 2 atom stereocenters. The lowest BCUT2D eigenvalue weighted by molar-refractivity contribution is 0.170. The predicted molar refractivity (Wildman–Crippen MR) is 73.8 cm³/mol. The van der Waals surface area contributed by atoms with Crippen molar-refractivity contribution in [3.8, 4) is 0 Å². The highest BCUT2D eigenvalue weighted by atomic mass is 19.1. The lowest BCUT2D eigenvalue weighted by Gasteiger charge is -2.23. The molecule has 2 aromatic rings. The number of benzene rings is 1. The Bertz CT molecular complexity index is 662. The van der Waals surface area contributed by atoms with E-state index in [0.29, 0.717) is 37.6 Å². The molecule has 0 saturated carbocycles.